The summed E-state index contributed by atoms with van der Waals surface area (Å²) >= 11 is 0. The minimum atomic E-state index is 0.654. The molecule has 0 aromatic heterocycles. The molecule has 0 aromatic carbocycles. The van der Waals surface area contributed by atoms with E-state index in [2.05, 4.69) is 27.7 Å². The van der Waals surface area contributed by atoms with Crippen LogP contribution in [0.4, 0.5) is 0 Å². The standard InChI is InChI=1S/C18H36/c1-5-14-18(15-6-2,16(3)4)17-12-10-8-7-9-11-13-17/h16-17H,5-15H2,1-4H3. The summed E-state index contributed by atoms with van der Waals surface area (Å²) in [5.74, 6) is 1.87. The Bertz CT molecular complexity index is 190. The maximum atomic E-state index is 2.49. The third-order valence-electron chi connectivity index (χ3n) is 5.50. The predicted molar refractivity (Wildman–Crippen MR) is 82.9 cm³/mol. The van der Waals surface area contributed by atoms with E-state index >= 15 is 0 Å². The van der Waals surface area contributed by atoms with Crippen molar-refractivity contribution in [1.29, 1.82) is 0 Å². The molecule has 0 nitrogen and oxygen atoms in total. The summed E-state index contributed by atoms with van der Waals surface area (Å²) in [6, 6.07) is 0. The Balaban J connectivity index is 2.82. The van der Waals surface area contributed by atoms with Crippen molar-refractivity contribution in [3.05, 3.63) is 0 Å². The zero-order chi connectivity index (χ0) is 13.4. The van der Waals surface area contributed by atoms with Crippen LogP contribution in [-0.4, -0.2) is 0 Å². The molecule has 0 aliphatic heterocycles. The molecule has 0 heteroatoms. The first-order chi connectivity index (χ1) is 8.67. The Labute approximate surface area is 116 Å². The van der Waals surface area contributed by atoms with Crippen LogP contribution >= 0.6 is 0 Å². The van der Waals surface area contributed by atoms with Crippen LogP contribution in [-0.2, 0) is 0 Å². The van der Waals surface area contributed by atoms with Gasteiger partial charge in [0.2, 0.25) is 0 Å². The van der Waals surface area contributed by atoms with Gasteiger partial charge in [-0.3, -0.25) is 0 Å². The SMILES string of the molecule is CCCC(CCC)(C(C)C)C1CCCCCCC1. The highest BCUT2D eigenvalue weighted by atomic mass is 14.4. The highest BCUT2D eigenvalue weighted by molar-refractivity contribution is 4.89. The normalized spacial score (nSPS) is 19.8. The Morgan fingerprint density at radius 1 is 0.833 bits per heavy atom. The van der Waals surface area contributed by atoms with Crippen LogP contribution in [0.1, 0.15) is 98.3 Å². The third kappa shape index (κ3) is 4.00. The zero-order valence-electron chi connectivity index (χ0n) is 13.4. The van der Waals surface area contributed by atoms with Gasteiger partial charge in [-0.25, -0.2) is 0 Å². The van der Waals surface area contributed by atoms with E-state index in [9.17, 15) is 0 Å². The Morgan fingerprint density at radius 2 is 1.28 bits per heavy atom. The van der Waals surface area contributed by atoms with Gasteiger partial charge in [-0.05, 0) is 42.9 Å². The van der Waals surface area contributed by atoms with Gasteiger partial charge >= 0.3 is 0 Å². The van der Waals surface area contributed by atoms with Crippen molar-refractivity contribution in [3.63, 3.8) is 0 Å². The fraction of sp³-hybridized carbons (Fsp3) is 1.00. The molecule has 1 rings (SSSR count). The number of hydrogen-bond donors (Lipinski definition) is 0. The third-order valence-corrected chi connectivity index (χ3v) is 5.50. The predicted octanol–water partition coefficient (Wildman–Crippen LogP) is 6.59. The molecule has 0 amide bonds. The van der Waals surface area contributed by atoms with E-state index in [1.165, 1.54) is 70.6 Å². The van der Waals surface area contributed by atoms with Gasteiger partial charge in [0, 0.05) is 0 Å². The number of rotatable bonds is 6. The lowest BCUT2D eigenvalue weighted by Gasteiger charge is -2.46. The second kappa shape index (κ2) is 8.23. The van der Waals surface area contributed by atoms with Crippen LogP contribution in [0.3, 0.4) is 0 Å². The van der Waals surface area contributed by atoms with Gasteiger partial charge in [-0.15, -0.1) is 0 Å². The maximum absolute atomic E-state index is 2.49. The molecular formula is C18H36. The molecule has 0 atom stereocenters. The lowest BCUT2D eigenvalue weighted by atomic mass is 9.60. The van der Waals surface area contributed by atoms with Gasteiger partial charge in [0.05, 0.1) is 0 Å². The molecule has 0 unspecified atom stereocenters. The molecule has 0 N–H and O–H groups in total. The van der Waals surface area contributed by atoms with Crippen molar-refractivity contribution in [1.82, 2.24) is 0 Å². The average molecular weight is 252 g/mol. The van der Waals surface area contributed by atoms with E-state index in [1.54, 1.807) is 0 Å². The van der Waals surface area contributed by atoms with Crippen LogP contribution < -0.4 is 0 Å². The first-order valence-electron chi connectivity index (χ1n) is 8.67. The second-order valence-electron chi connectivity index (χ2n) is 6.93. The summed E-state index contributed by atoms with van der Waals surface area (Å²) in [6.07, 6.45) is 16.1. The van der Waals surface area contributed by atoms with Crippen molar-refractivity contribution in [2.24, 2.45) is 17.3 Å². The van der Waals surface area contributed by atoms with Gasteiger partial charge in [0.25, 0.3) is 0 Å². The van der Waals surface area contributed by atoms with E-state index in [0.717, 1.165) is 11.8 Å². The summed E-state index contributed by atoms with van der Waals surface area (Å²) in [4.78, 5) is 0. The van der Waals surface area contributed by atoms with E-state index < -0.39 is 0 Å². The fourth-order valence-electron chi connectivity index (χ4n) is 4.54. The summed E-state index contributed by atoms with van der Waals surface area (Å²) < 4.78 is 0. The summed E-state index contributed by atoms with van der Waals surface area (Å²) in [6.45, 7) is 9.75. The summed E-state index contributed by atoms with van der Waals surface area (Å²) in [5.41, 5.74) is 0.654. The van der Waals surface area contributed by atoms with Gasteiger partial charge in [0.1, 0.15) is 0 Å². The van der Waals surface area contributed by atoms with E-state index in [4.69, 9.17) is 0 Å². The Kier molecular flexibility index (Phi) is 7.34. The van der Waals surface area contributed by atoms with Gasteiger partial charge < -0.3 is 0 Å². The minimum Gasteiger partial charge on any atom is -0.0654 e. The van der Waals surface area contributed by atoms with E-state index in [1.807, 2.05) is 0 Å². The van der Waals surface area contributed by atoms with E-state index in [0.29, 0.717) is 5.41 Å². The first-order valence-corrected chi connectivity index (χ1v) is 8.67. The quantitative estimate of drug-likeness (QED) is 0.500. The molecule has 0 bridgehead atoms. The minimum absolute atomic E-state index is 0.654. The Hall–Kier alpha value is 0. The monoisotopic (exact) mass is 252 g/mol. The smallest absolute Gasteiger partial charge is 0.0246 e. The van der Waals surface area contributed by atoms with E-state index in [-0.39, 0.29) is 0 Å². The van der Waals surface area contributed by atoms with Crippen LogP contribution in [0.15, 0.2) is 0 Å². The molecule has 0 spiro atoms. The van der Waals surface area contributed by atoms with Crippen LogP contribution in [0.5, 0.6) is 0 Å². The molecule has 1 saturated carbocycles. The maximum Gasteiger partial charge on any atom is -0.0246 e. The second-order valence-corrected chi connectivity index (χ2v) is 6.93. The van der Waals surface area contributed by atoms with Gasteiger partial charge in [-0.1, -0.05) is 72.6 Å². The highest BCUT2D eigenvalue weighted by Gasteiger charge is 2.39. The largest absolute Gasteiger partial charge is 0.0654 e. The fourth-order valence-corrected chi connectivity index (χ4v) is 4.54. The number of hydrogen-bond acceptors (Lipinski definition) is 0. The van der Waals surface area contributed by atoms with Gasteiger partial charge in [-0.2, -0.15) is 0 Å². The molecule has 18 heavy (non-hydrogen) atoms. The molecule has 1 aliphatic rings. The molecule has 1 fully saturated rings. The van der Waals surface area contributed by atoms with Crippen LogP contribution in [0.25, 0.3) is 0 Å². The van der Waals surface area contributed by atoms with Gasteiger partial charge in [0.15, 0.2) is 0 Å². The topological polar surface area (TPSA) is 0 Å². The van der Waals surface area contributed by atoms with Crippen molar-refractivity contribution >= 4 is 0 Å². The average Bonchev–Trinajstić information content (AvgIpc) is 2.28. The molecule has 0 radical (unpaired) electrons. The van der Waals surface area contributed by atoms with Crippen molar-refractivity contribution in [3.8, 4) is 0 Å². The molecule has 0 heterocycles. The molecular weight excluding hydrogens is 216 g/mol. The summed E-state index contributed by atoms with van der Waals surface area (Å²) in [7, 11) is 0. The molecule has 108 valence electrons. The van der Waals surface area contributed by atoms with Crippen LogP contribution in [0, 0.1) is 17.3 Å². The summed E-state index contributed by atoms with van der Waals surface area (Å²) in [5, 5.41) is 0. The lowest BCUT2D eigenvalue weighted by molar-refractivity contribution is 0.0446. The zero-order valence-corrected chi connectivity index (χ0v) is 13.4. The van der Waals surface area contributed by atoms with Crippen molar-refractivity contribution in [2.45, 2.75) is 98.3 Å². The highest BCUT2D eigenvalue weighted by Crippen LogP contribution is 2.49. The molecule has 1 aliphatic carbocycles. The van der Waals surface area contributed by atoms with Crippen molar-refractivity contribution in [2.75, 3.05) is 0 Å². The molecule has 0 saturated heterocycles. The Morgan fingerprint density at radius 3 is 1.67 bits per heavy atom. The van der Waals surface area contributed by atoms with Crippen LogP contribution in [0.2, 0.25) is 0 Å². The molecule has 0 aromatic rings. The first kappa shape index (κ1) is 16.1. The lowest BCUT2D eigenvalue weighted by Crippen LogP contribution is -2.36. The van der Waals surface area contributed by atoms with Crippen molar-refractivity contribution < 1.29 is 0 Å².